The van der Waals surface area contributed by atoms with Crippen molar-refractivity contribution >= 4 is 11.9 Å². The molecule has 4 nitrogen and oxygen atoms in total. The van der Waals surface area contributed by atoms with Gasteiger partial charge in [-0.2, -0.15) is 13.2 Å². The molecule has 86 valence electrons. The standard InChI is InChI=1S/C8H10F3NO3/c1-4(13)12-5(7(14)15)2-3-6(12)8(9,10)11/h5-6H,2-3H2,1H3,(H,14,15). The molecule has 1 saturated heterocycles. The zero-order valence-electron chi connectivity index (χ0n) is 7.91. The number of rotatable bonds is 1. The van der Waals surface area contributed by atoms with E-state index in [2.05, 4.69) is 0 Å². The van der Waals surface area contributed by atoms with E-state index in [9.17, 15) is 22.8 Å². The Morgan fingerprint density at radius 1 is 1.33 bits per heavy atom. The fraction of sp³-hybridized carbons (Fsp3) is 0.750. The minimum atomic E-state index is -4.56. The molecular weight excluding hydrogens is 215 g/mol. The summed E-state index contributed by atoms with van der Waals surface area (Å²) in [4.78, 5) is 22.0. The molecule has 0 aromatic carbocycles. The zero-order valence-corrected chi connectivity index (χ0v) is 7.91. The van der Waals surface area contributed by atoms with Gasteiger partial charge in [0.15, 0.2) is 0 Å². The van der Waals surface area contributed by atoms with Crippen LogP contribution in [0.25, 0.3) is 0 Å². The van der Waals surface area contributed by atoms with Crippen LogP contribution in [0.5, 0.6) is 0 Å². The van der Waals surface area contributed by atoms with Gasteiger partial charge in [0.2, 0.25) is 5.91 Å². The van der Waals surface area contributed by atoms with E-state index in [1.165, 1.54) is 0 Å². The average Bonchev–Trinajstić information content (AvgIpc) is 2.45. The number of carboxylic acids is 1. The molecule has 0 radical (unpaired) electrons. The molecule has 1 fully saturated rings. The Balaban J connectivity index is 2.95. The highest BCUT2D eigenvalue weighted by Crippen LogP contribution is 2.35. The highest BCUT2D eigenvalue weighted by atomic mass is 19.4. The Morgan fingerprint density at radius 3 is 2.20 bits per heavy atom. The van der Waals surface area contributed by atoms with Crippen molar-refractivity contribution in [3.63, 3.8) is 0 Å². The van der Waals surface area contributed by atoms with Crippen molar-refractivity contribution in [3.8, 4) is 0 Å². The second kappa shape index (κ2) is 3.71. The van der Waals surface area contributed by atoms with Crippen LogP contribution >= 0.6 is 0 Å². The number of amides is 1. The lowest BCUT2D eigenvalue weighted by atomic mass is 10.2. The third-order valence-electron chi connectivity index (χ3n) is 2.41. The van der Waals surface area contributed by atoms with Crippen LogP contribution in [0.4, 0.5) is 13.2 Å². The molecule has 15 heavy (non-hydrogen) atoms. The number of hydrogen-bond donors (Lipinski definition) is 1. The number of halogens is 3. The first-order valence-corrected chi connectivity index (χ1v) is 4.33. The largest absolute Gasteiger partial charge is 0.480 e. The SMILES string of the molecule is CC(=O)N1C(C(=O)O)CCC1C(F)(F)F. The van der Waals surface area contributed by atoms with Gasteiger partial charge in [0.1, 0.15) is 12.1 Å². The van der Waals surface area contributed by atoms with E-state index in [0.29, 0.717) is 4.90 Å². The summed E-state index contributed by atoms with van der Waals surface area (Å²) in [6, 6.07) is -3.31. The number of likely N-dealkylation sites (tertiary alicyclic amines) is 1. The monoisotopic (exact) mass is 225 g/mol. The molecule has 0 saturated carbocycles. The van der Waals surface area contributed by atoms with Crippen molar-refractivity contribution in [1.82, 2.24) is 4.90 Å². The maximum Gasteiger partial charge on any atom is 0.408 e. The number of alkyl halides is 3. The van der Waals surface area contributed by atoms with Crippen LogP contribution in [0.3, 0.4) is 0 Å². The molecule has 1 aliphatic rings. The number of carboxylic acid groups (broad SMARTS) is 1. The van der Waals surface area contributed by atoms with Gasteiger partial charge < -0.3 is 10.0 Å². The van der Waals surface area contributed by atoms with Gasteiger partial charge in [-0.25, -0.2) is 4.79 Å². The normalized spacial score (nSPS) is 26.8. The third-order valence-corrected chi connectivity index (χ3v) is 2.41. The highest BCUT2D eigenvalue weighted by molar-refractivity contribution is 5.83. The predicted molar refractivity (Wildman–Crippen MR) is 43.0 cm³/mol. The fourth-order valence-corrected chi connectivity index (χ4v) is 1.81. The second-order valence-electron chi connectivity index (χ2n) is 3.42. The first kappa shape index (κ1) is 11.8. The zero-order chi connectivity index (χ0) is 11.8. The molecule has 1 heterocycles. The average molecular weight is 225 g/mol. The summed E-state index contributed by atoms with van der Waals surface area (Å²) in [6.07, 6.45) is -5.06. The number of carbonyl (C=O) groups is 2. The second-order valence-corrected chi connectivity index (χ2v) is 3.42. The summed E-state index contributed by atoms with van der Waals surface area (Å²) >= 11 is 0. The molecule has 0 aromatic heterocycles. The maximum absolute atomic E-state index is 12.4. The van der Waals surface area contributed by atoms with Crippen LogP contribution in [0.2, 0.25) is 0 Å². The van der Waals surface area contributed by atoms with Gasteiger partial charge in [0.25, 0.3) is 0 Å². The van der Waals surface area contributed by atoms with E-state index < -0.39 is 30.1 Å². The summed E-state index contributed by atoms with van der Waals surface area (Å²) in [5.41, 5.74) is 0. The Morgan fingerprint density at radius 2 is 1.87 bits per heavy atom. The molecule has 0 spiro atoms. The predicted octanol–water partition coefficient (Wildman–Crippen LogP) is 1.01. The van der Waals surface area contributed by atoms with Crippen molar-refractivity contribution in [1.29, 1.82) is 0 Å². The Hall–Kier alpha value is -1.27. The summed E-state index contributed by atoms with van der Waals surface area (Å²) in [6.45, 7) is 0.944. The topological polar surface area (TPSA) is 57.6 Å². The van der Waals surface area contributed by atoms with Crippen LogP contribution in [0.15, 0.2) is 0 Å². The quantitative estimate of drug-likeness (QED) is 0.724. The molecule has 7 heteroatoms. The first-order valence-electron chi connectivity index (χ1n) is 4.33. The van der Waals surface area contributed by atoms with Gasteiger partial charge in [0.05, 0.1) is 0 Å². The molecule has 1 N–H and O–H groups in total. The summed E-state index contributed by atoms with van der Waals surface area (Å²) < 4.78 is 37.3. The van der Waals surface area contributed by atoms with Crippen molar-refractivity contribution in [3.05, 3.63) is 0 Å². The van der Waals surface area contributed by atoms with Crippen molar-refractivity contribution < 1.29 is 27.9 Å². The van der Waals surface area contributed by atoms with Crippen LogP contribution in [-0.2, 0) is 9.59 Å². The molecule has 2 atom stereocenters. The number of carbonyl (C=O) groups excluding carboxylic acids is 1. The van der Waals surface area contributed by atoms with Crippen molar-refractivity contribution in [2.24, 2.45) is 0 Å². The van der Waals surface area contributed by atoms with E-state index in [1.807, 2.05) is 0 Å². The fourth-order valence-electron chi connectivity index (χ4n) is 1.81. The van der Waals surface area contributed by atoms with Crippen LogP contribution < -0.4 is 0 Å². The molecule has 0 aromatic rings. The third kappa shape index (κ3) is 2.21. The smallest absolute Gasteiger partial charge is 0.408 e. The van der Waals surface area contributed by atoms with Crippen molar-refractivity contribution in [2.75, 3.05) is 0 Å². The summed E-state index contributed by atoms with van der Waals surface area (Å²) in [7, 11) is 0. The molecule has 1 rings (SSSR count). The molecular formula is C8H10F3NO3. The molecule has 1 aliphatic heterocycles. The van der Waals surface area contributed by atoms with Crippen LogP contribution in [0.1, 0.15) is 19.8 Å². The van der Waals surface area contributed by atoms with Gasteiger partial charge in [-0.15, -0.1) is 0 Å². The van der Waals surface area contributed by atoms with Gasteiger partial charge in [-0.1, -0.05) is 0 Å². The summed E-state index contributed by atoms with van der Waals surface area (Å²) in [5.74, 6) is -2.25. The molecule has 2 unspecified atom stereocenters. The van der Waals surface area contributed by atoms with E-state index in [0.717, 1.165) is 6.92 Å². The lowest BCUT2D eigenvalue weighted by Crippen LogP contribution is -2.49. The van der Waals surface area contributed by atoms with Crippen molar-refractivity contribution in [2.45, 2.75) is 38.0 Å². The van der Waals surface area contributed by atoms with E-state index >= 15 is 0 Å². The van der Waals surface area contributed by atoms with Crippen LogP contribution in [-0.4, -0.2) is 40.1 Å². The minimum absolute atomic E-state index is 0.154. The highest BCUT2D eigenvalue weighted by Gasteiger charge is 2.52. The van der Waals surface area contributed by atoms with Gasteiger partial charge >= 0.3 is 12.1 Å². The van der Waals surface area contributed by atoms with E-state index in [-0.39, 0.29) is 12.8 Å². The number of nitrogens with zero attached hydrogens (tertiary/aromatic N) is 1. The lowest BCUT2D eigenvalue weighted by Gasteiger charge is -2.28. The van der Waals surface area contributed by atoms with Gasteiger partial charge in [-0.05, 0) is 12.8 Å². The maximum atomic E-state index is 12.4. The van der Waals surface area contributed by atoms with E-state index in [1.54, 1.807) is 0 Å². The Bertz CT molecular complexity index is 289. The van der Waals surface area contributed by atoms with Gasteiger partial charge in [-0.3, -0.25) is 4.79 Å². The van der Waals surface area contributed by atoms with E-state index in [4.69, 9.17) is 5.11 Å². The molecule has 1 amide bonds. The van der Waals surface area contributed by atoms with Gasteiger partial charge in [0, 0.05) is 6.92 Å². The van der Waals surface area contributed by atoms with Crippen LogP contribution in [0, 0.1) is 0 Å². The Kier molecular flexibility index (Phi) is 2.92. The summed E-state index contributed by atoms with van der Waals surface area (Å²) in [5, 5.41) is 8.65. The number of hydrogen-bond acceptors (Lipinski definition) is 2. The molecule has 0 aliphatic carbocycles. The Labute approximate surface area is 83.7 Å². The lowest BCUT2D eigenvalue weighted by molar-refractivity contribution is -0.187. The molecule has 0 bridgehead atoms. The number of aliphatic carboxylic acids is 1. The minimum Gasteiger partial charge on any atom is -0.480 e. The first-order chi connectivity index (χ1) is 6.75.